The molecule has 0 aromatic heterocycles. The lowest BCUT2D eigenvalue weighted by molar-refractivity contribution is 0.0912. The van der Waals surface area contributed by atoms with Crippen molar-refractivity contribution in [3.05, 3.63) is 23.8 Å². The maximum atomic E-state index is 12.7. The van der Waals surface area contributed by atoms with Crippen LogP contribution in [0.4, 0.5) is 5.69 Å². The normalized spacial score (nSPS) is 21.8. The van der Waals surface area contributed by atoms with Crippen molar-refractivity contribution in [2.75, 3.05) is 25.0 Å². The Bertz CT molecular complexity index is 620. The number of piperidine rings is 1. The summed E-state index contributed by atoms with van der Waals surface area (Å²) in [5.74, 6) is 0.209. The van der Waals surface area contributed by atoms with Gasteiger partial charge in [0, 0.05) is 25.3 Å². The molecule has 2 aliphatic rings. The molecule has 1 aromatic rings. The summed E-state index contributed by atoms with van der Waals surface area (Å²) in [4.78, 5) is 0.389. The molecule has 21 heavy (non-hydrogen) atoms. The lowest BCUT2D eigenvalue weighted by Crippen LogP contribution is -2.40. The number of benzene rings is 1. The Hall–Kier alpha value is -1.11. The Morgan fingerprint density at radius 2 is 2.05 bits per heavy atom. The van der Waals surface area contributed by atoms with Gasteiger partial charge >= 0.3 is 0 Å². The minimum absolute atomic E-state index is 0.209. The van der Waals surface area contributed by atoms with E-state index in [1.165, 1.54) is 0 Å². The molecule has 2 N–H and O–H groups in total. The largest absolute Gasteiger partial charge is 0.393 e. The number of nitrogens with zero attached hydrogens (tertiary/aromatic N) is 1. The van der Waals surface area contributed by atoms with Gasteiger partial charge in [-0.05, 0) is 55.9 Å². The molecule has 0 aliphatic carbocycles. The molecule has 2 aliphatic heterocycles. The molecule has 0 spiro atoms. The highest BCUT2D eigenvalue weighted by Gasteiger charge is 2.31. The van der Waals surface area contributed by atoms with E-state index in [2.05, 4.69) is 5.32 Å². The number of hydrogen-bond donors (Lipinski definition) is 2. The van der Waals surface area contributed by atoms with Crippen LogP contribution in [0.15, 0.2) is 23.1 Å². The number of sulfonamides is 1. The molecular formula is C15H22N2O3S. The molecule has 5 nitrogen and oxygen atoms in total. The van der Waals surface area contributed by atoms with Crippen molar-refractivity contribution in [2.45, 2.75) is 37.2 Å². The standard InChI is InChI=1S/C15H22N2O3S/c1-11(18)12-5-8-17(9-6-12)21(19,20)14-2-3-15-13(10-14)4-7-16-15/h2-3,10-12,16,18H,4-9H2,1H3. The van der Waals surface area contributed by atoms with Gasteiger partial charge in [0.15, 0.2) is 0 Å². The first kappa shape index (κ1) is 14.8. The van der Waals surface area contributed by atoms with Crippen molar-refractivity contribution in [3.8, 4) is 0 Å². The summed E-state index contributed by atoms with van der Waals surface area (Å²) in [6.45, 7) is 3.64. The molecule has 116 valence electrons. The van der Waals surface area contributed by atoms with E-state index in [-0.39, 0.29) is 12.0 Å². The summed E-state index contributed by atoms with van der Waals surface area (Å²) in [6, 6.07) is 5.34. The van der Waals surface area contributed by atoms with Gasteiger partial charge < -0.3 is 10.4 Å². The maximum absolute atomic E-state index is 12.7. The lowest BCUT2D eigenvalue weighted by Gasteiger charge is -2.32. The van der Waals surface area contributed by atoms with Gasteiger partial charge in [-0.15, -0.1) is 0 Å². The third-order valence-electron chi connectivity index (χ3n) is 4.61. The SMILES string of the molecule is CC(O)C1CCN(S(=O)(=O)c2ccc3c(c2)CCN3)CC1. The molecule has 1 fully saturated rings. The third-order valence-corrected chi connectivity index (χ3v) is 6.50. The monoisotopic (exact) mass is 310 g/mol. The molecule has 0 saturated carbocycles. The highest BCUT2D eigenvalue weighted by molar-refractivity contribution is 7.89. The second-order valence-electron chi connectivity index (χ2n) is 5.98. The number of aliphatic hydroxyl groups is 1. The molecule has 3 rings (SSSR count). The van der Waals surface area contributed by atoms with Gasteiger partial charge in [0.25, 0.3) is 0 Å². The Balaban J connectivity index is 1.78. The van der Waals surface area contributed by atoms with Gasteiger partial charge in [0.2, 0.25) is 10.0 Å². The number of aliphatic hydroxyl groups excluding tert-OH is 1. The smallest absolute Gasteiger partial charge is 0.243 e. The molecule has 6 heteroatoms. The Morgan fingerprint density at radius 3 is 2.71 bits per heavy atom. The molecule has 1 atom stereocenters. The fourth-order valence-electron chi connectivity index (χ4n) is 3.19. The number of nitrogens with one attached hydrogen (secondary N) is 1. The van der Waals surface area contributed by atoms with E-state index >= 15 is 0 Å². The molecule has 1 saturated heterocycles. The van der Waals surface area contributed by atoms with E-state index in [9.17, 15) is 13.5 Å². The molecular weight excluding hydrogens is 288 g/mol. The van der Waals surface area contributed by atoms with Crippen molar-refractivity contribution in [1.29, 1.82) is 0 Å². The Kier molecular flexibility index (Phi) is 3.94. The maximum Gasteiger partial charge on any atom is 0.243 e. The van der Waals surface area contributed by atoms with E-state index in [1.54, 1.807) is 23.4 Å². The third kappa shape index (κ3) is 2.80. The van der Waals surface area contributed by atoms with E-state index < -0.39 is 10.0 Å². The number of rotatable bonds is 3. The van der Waals surface area contributed by atoms with Crippen LogP contribution in [0, 0.1) is 5.92 Å². The van der Waals surface area contributed by atoms with Gasteiger partial charge in [-0.1, -0.05) is 0 Å². The predicted octanol–water partition coefficient (Wildman–Crippen LogP) is 1.44. The topological polar surface area (TPSA) is 69.6 Å². The summed E-state index contributed by atoms with van der Waals surface area (Å²) in [5.41, 5.74) is 2.12. The number of hydrogen-bond acceptors (Lipinski definition) is 4. The summed E-state index contributed by atoms with van der Waals surface area (Å²) >= 11 is 0. The first-order valence-corrected chi connectivity index (χ1v) is 8.97. The van der Waals surface area contributed by atoms with Crippen LogP contribution in [0.2, 0.25) is 0 Å². The average Bonchev–Trinajstić information content (AvgIpc) is 2.94. The van der Waals surface area contributed by atoms with Crippen molar-refractivity contribution in [3.63, 3.8) is 0 Å². The van der Waals surface area contributed by atoms with E-state index in [4.69, 9.17) is 0 Å². The Morgan fingerprint density at radius 1 is 1.33 bits per heavy atom. The minimum atomic E-state index is -3.41. The lowest BCUT2D eigenvalue weighted by atomic mass is 9.93. The van der Waals surface area contributed by atoms with Crippen LogP contribution in [0.1, 0.15) is 25.3 Å². The second-order valence-corrected chi connectivity index (χ2v) is 7.92. The fourth-order valence-corrected chi connectivity index (χ4v) is 4.71. The van der Waals surface area contributed by atoms with E-state index in [0.29, 0.717) is 18.0 Å². The van der Waals surface area contributed by atoms with Crippen LogP contribution in [-0.4, -0.2) is 43.6 Å². The van der Waals surface area contributed by atoms with Crippen LogP contribution < -0.4 is 5.32 Å². The van der Waals surface area contributed by atoms with Crippen molar-refractivity contribution >= 4 is 15.7 Å². The van der Waals surface area contributed by atoms with E-state index in [0.717, 1.165) is 37.1 Å². The molecule has 0 bridgehead atoms. The highest BCUT2D eigenvalue weighted by atomic mass is 32.2. The minimum Gasteiger partial charge on any atom is -0.393 e. The number of fused-ring (bicyclic) bond motifs is 1. The van der Waals surface area contributed by atoms with Crippen molar-refractivity contribution in [1.82, 2.24) is 4.31 Å². The van der Waals surface area contributed by atoms with Crippen LogP contribution in [0.5, 0.6) is 0 Å². The predicted molar refractivity (Wildman–Crippen MR) is 81.8 cm³/mol. The molecule has 2 heterocycles. The Labute approximate surface area is 126 Å². The molecule has 1 aromatic carbocycles. The average molecular weight is 310 g/mol. The fraction of sp³-hybridized carbons (Fsp3) is 0.600. The zero-order chi connectivity index (χ0) is 15.0. The van der Waals surface area contributed by atoms with E-state index in [1.807, 2.05) is 6.07 Å². The van der Waals surface area contributed by atoms with Gasteiger partial charge in [-0.2, -0.15) is 4.31 Å². The molecule has 0 radical (unpaired) electrons. The van der Waals surface area contributed by atoms with Crippen molar-refractivity contribution in [2.24, 2.45) is 5.92 Å². The van der Waals surface area contributed by atoms with Gasteiger partial charge in [0.05, 0.1) is 11.0 Å². The summed E-state index contributed by atoms with van der Waals surface area (Å²) < 4.78 is 27.0. The zero-order valence-electron chi connectivity index (χ0n) is 12.2. The number of anilines is 1. The molecule has 1 unspecified atom stereocenters. The first-order valence-electron chi connectivity index (χ1n) is 7.53. The van der Waals surface area contributed by atoms with Crippen molar-refractivity contribution < 1.29 is 13.5 Å². The second kappa shape index (κ2) is 5.59. The quantitative estimate of drug-likeness (QED) is 0.886. The summed E-state index contributed by atoms with van der Waals surface area (Å²) in [5, 5.41) is 12.9. The van der Waals surface area contributed by atoms with Crippen LogP contribution >= 0.6 is 0 Å². The van der Waals surface area contributed by atoms with Gasteiger partial charge in [-0.25, -0.2) is 8.42 Å². The highest BCUT2D eigenvalue weighted by Crippen LogP contribution is 2.29. The first-order chi connectivity index (χ1) is 9.98. The van der Waals surface area contributed by atoms with Gasteiger partial charge in [0.1, 0.15) is 0 Å². The van der Waals surface area contributed by atoms with Crippen LogP contribution in [0.25, 0.3) is 0 Å². The van der Waals surface area contributed by atoms with Crippen LogP contribution in [0.3, 0.4) is 0 Å². The summed E-state index contributed by atoms with van der Waals surface area (Å²) in [6.07, 6.45) is 1.97. The van der Waals surface area contributed by atoms with Gasteiger partial charge in [-0.3, -0.25) is 0 Å². The molecule has 0 amide bonds. The summed E-state index contributed by atoms with van der Waals surface area (Å²) in [7, 11) is -3.41. The van der Waals surface area contributed by atoms with Crippen LogP contribution in [-0.2, 0) is 16.4 Å². The zero-order valence-corrected chi connectivity index (χ0v) is 13.1.